The van der Waals surface area contributed by atoms with Crippen LogP contribution in [0, 0.1) is 5.41 Å². The Hall–Kier alpha value is -2.21. The van der Waals surface area contributed by atoms with Gasteiger partial charge in [0.05, 0.1) is 11.1 Å². The largest absolute Gasteiger partial charge is 0.359 e. The van der Waals surface area contributed by atoms with Gasteiger partial charge in [-0.15, -0.1) is 0 Å². The Kier molecular flexibility index (Phi) is 4.37. The lowest BCUT2D eigenvalue weighted by Gasteiger charge is -2.22. The third-order valence-corrected chi connectivity index (χ3v) is 3.34. The van der Waals surface area contributed by atoms with Crippen molar-refractivity contribution >= 4 is 11.6 Å². The molecule has 2 aromatic heterocycles. The number of carbonyl (C=O) groups is 1. The van der Waals surface area contributed by atoms with Crippen molar-refractivity contribution in [2.24, 2.45) is 5.41 Å². The number of fused-ring (bicyclic) bond motifs is 1. The van der Waals surface area contributed by atoms with Gasteiger partial charge < -0.3 is 10.6 Å². The van der Waals surface area contributed by atoms with Gasteiger partial charge in [-0.3, -0.25) is 14.0 Å². The average molecular weight is 288 g/mol. The van der Waals surface area contributed by atoms with Crippen molar-refractivity contribution in [2.45, 2.75) is 20.4 Å². The molecule has 0 aromatic carbocycles. The molecule has 0 aliphatic rings. The highest BCUT2D eigenvalue weighted by Gasteiger charge is 2.25. The molecule has 6 heteroatoms. The Bertz CT molecular complexity index is 706. The minimum atomic E-state index is -0.513. The molecule has 0 bridgehead atoms. The van der Waals surface area contributed by atoms with Crippen LogP contribution in [0.1, 0.15) is 19.5 Å². The van der Waals surface area contributed by atoms with Crippen molar-refractivity contribution in [1.82, 2.24) is 20.0 Å². The second kappa shape index (κ2) is 6.05. The van der Waals surface area contributed by atoms with Gasteiger partial charge in [-0.25, -0.2) is 4.98 Å². The average Bonchev–Trinajstić information content (AvgIpc) is 2.46. The van der Waals surface area contributed by atoms with E-state index in [4.69, 9.17) is 0 Å². The molecule has 0 radical (unpaired) electrons. The number of hydrogen-bond acceptors (Lipinski definition) is 4. The van der Waals surface area contributed by atoms with Crippen LogP contribution >= 0.6 is 0 Å². The molecule has 0 aliphatic carbocycles. The number of amides is 1. The molecule has 6 nitrogen and oxygen atoms in total. The Morgan fingerprint density at radius 3 is 2.86 bits per heavy atom. The van der Waals surface area contributed by atoms with Crippen LogP contribution in [-0.4, -0.2) is 28.9 Å². The quantitative estimate of drug-likeness (QED) is 0.843. The number of hydrogen-bond donors (Lipinski definition) is 2. The second-order valence-corrected chi connectivity index (χ2v) is 5.58. The van der Waals surface area contributed by atoms with Crippen LogP contribution in [0.15, 0.2) is 35.3 Å². The molecule has 0 unspecified atom stereocenters. The molecular weight excluding hydrogens is 268 g/mol. The number of carbonyl (C=O) groups excluding carboxylic acids is 1. The summed E-state index contributed by atoms with van der Waals surface area (Å²) in [5.41, 5.74) is 0.662. The van der Waals surface area contributed by atoms with E-state index in [1.165, 1.54) is 10.5 Å². The van der Waals surface area contributed by atoms with Gasteiger partial charge in [0.15, 0.2) is 0 Å². The van der Waals surface area contributed by atoms with Crippen LogP contribution in [0.5, 0.6) is 0 Å². The summed E-state index contributed by atoms with van der Waals surface area (Å²) in [6.45, 7) is 4.67. The van der Waals surface area contributed by atoms with E-state index in [0.29, 0.717) is 24.4 Å². The molecule has 2 aromatic rings. The first-order chi connectivity index (χ1) is 9.94. The molecule has 0 saturated heterocycles. The Labute approximate surface area is 123 Å². The summed E-state index contributed by atoms with van der Waals surface area (Å²) in [6, 6.07) is 6.93. The van der Waals surface area contributed by atoms with E-state index >= 15 is 0 Å². The summed E-state index contributed by atoms with van der Waals surface area (Å²) in [5.74, 6) is -0.0264. The molecule has 0 aliphatic heterocycles. The maximum absolute atomic E-state index is 11.9. The zero-order valence-electron chi connectivity index (χ0n) is 12.5. The zero-order valence-corrected chi connectivity index (χ0v) is 12.5. The van der Waals surface area contributed by atoms with Crippen LogP contribution in [0.25, 0.3) is 5.65 Å². The maximum atomic E-state index is 11.9. The summed E-state index contributed by atoms with van der Waals surface area (Å²) >= 11 is 0. The van der Waals surface area contributed by atoms with Gasteiger partial charge in [0.25, 0.3) is 5.56 Å². The van der Waals surface area contributed by atoms with Gasteiger partial charge in [-0.05, 0) is 26.0 Å². The third-order valence-electron chi connectivity index (χ3n) is 3.34. The Morgan fingerprint density at radius 1 is 1.38 bits per heavy atom. The summed E-state index contributed by atoms with van der Waals surface area (Å²) in [6.07, 6.45) is 1.69. The van der Waals surface area contributed by atoms with Crippen LogP contribution in [0.4, 0.5) is 0 Å². The highest BCUT2D eigenvalue weighted by molar-refractivity contribution is 5.81. The highest BCUT2D eigenvalue weighted by atomic mass is 16.2. The summed E-state index contributed by atoms with van der Waals surface area (Å²) in [7, 11) is 1.62. The predicted octanol–water partition coefficient (Wildman–Crippen LogP) is 0.556. The second-order valence-electron chi connectivity index (χ2n) is 5.58. The van der Waals surface area contributed by atoms with E-state index in [-0.39, 0.29) is 11.5 Å². The minimum Gasteiger partial charge on any atom is -0.359 e. The van der Waals surface area contributed by atoms with E-state index in [0.717, 1.165) is 0 Å². The predicted molar refractivity (Wildman–Crippen MR) is 81.0 cm³/mol. The van der Waals surface area contributed by atoms with Gasteiger partial charge in [0, 0.05) is 32.4 Å². The summed E-state index contributed by atoms with van der Waals surface area (Å²) < 4.78 is 1.50. The number of nitrogens with zero attached hydrogens (tertiary/aromatic N) is 2. The molecule has 1 amide bonds. The molecule has 2 N–H and O–H groups in total. The van der Waals surface area contributed by atoms with Crippen LogP contribution < -0.4 is 16.2 Å². The molecule has 0 fully saturated rings. The standard InChI is InChI=1S/C15H20N4O2/c1-15(2,14(21)16-3)10-17-9-11-8-13(20)19-7-5-4-6-12(19)18-11/h4-8,17H,9-10H2,1-3H3,(H,16,21). The van der Waals surface area contributed by atoms with Crippen molar-refractivity contribution < 1.29 is 4.79 Å². The SMILES string of the molecule is CNC(=O)C(C)(C)CNCc1cc(=O)n2ccccc2n1. The number of pyridine rings is 1. The van der Waals surface area contributed by atoms with E-state index in [2.05, 4.69) is 15.6 Å². The van der Waals surface area contributed by atoms with Gasteiger partial charge >= 0.3 is 0 Å². The van der Waals surface area contributed by atoms with Crippen LogP contribution in [0.2, 0.25) is 0 Å². The molecule has 0 spiro atoms. The molecular formula is C15H20N4O2. The zero-order chi connectivity index (χ0) is 15.5. The Morgan fingerprint density at radius 2 is 2.14 bits per heavy atom. The lowest BCUT2D eigenvalue weighted by molar-refractivity contribution is -0.128. The number of nitrogens with one attached hydrogen (secondary N) is 2. The van der Waals surface area contributed by atoms with Gasteiger partial charge in [0.2, 0.25) is 5.91 Å². The van der Waals surface area contributed by atoms with Gasteiger partial charge in [0.1, 0.15) is 5.65 Å². The fraction of sp³-hybridized carbons (Fsp3) is 0.400. The van der Waals surface area contributed by atoms with Crippen LogP contribution in [-0.2, 0) is 11.3 Å². The number of rotatable bonds is 5. The third kappa shape index (κ3) is 3.46. The van der Waals surface area contributed by atoms with E-state index < -0.39 is 5.41 Å². The monoisotopic (exact) mass is 288 g/mol. The van der Waals surface area contributed by atoms with Gasteiger partial charge in [-0.1, -0.05) is 6.07 Å². The maximum Gasteiger partial charge on any atom is 0.258 e. The molecule has 0 atom stereocenters. The number of aromatic nitrogens is 2. The topological polar surface area (TPSA) is 75.5 Å². The van der Waals surface area contributed by atoms with Gasteiger partial charge in [-0.2, -0.15) is 0 Å². The smallest absolute Gasteiger partial charge is 0.258 e. The fourth-order valence-electron chi connectivity index (χ4n) is 2.12. The Balaban J connectivity index is 2.08. The van der Waals surface area contributed by atoms with E-state index in [9.17, 15) is 9.59 Å². The summed E-state index contributed by atoms with van der Waals surface area (Å²) in [5, 5.41) is 5.82. The summed E-state index contributed by atoms with van der Waals surface area (Å²) in [4.78, 5) is 28.1. The molecule has 2 rings (SSSR count). The van der Waals surface area contributed by atoms with Crippen molar-refractivity contribution in [3.63, 3.8) is 0 Å². The normalized spacial score (nSPS) is 11.6. The van der Waals surface area contributed by atoms with Crippen molar-refractivity contribution in [2.75, 3.05) is 13.6 Å². The van der Waals surface area contributed by atoms with Crippen molar-refractivity contribution in [3.8, 4) is 0 Å². The molecule has 0 saturated carbocycles. The molecule has 2 heterocycles. The first-order valence-electron chi connectivity index (χ1n) is 6.84. The minimum absolute atomic E-state index is 0.0264. The van der Waals surface area contributed by atoms with E-state index in [1.807, 2.05) is 19.9 Å². The van der Waals surface area contributed by atoms with Crippen molar-refractivity contribution in [1.29, 1.82) is 0 Å². The first kappa shape index (κ1) is 15.2. The van der Waals surface area contributed by atoms with E-state index in [1.54, 1.807) is 25.4 Å². The molecule has 112 valence electrons. The lowest BCUT2D eigenvalue weighted by atomic mass is 9.92. The first-order valence-corrected chi connectivity index (χ1v) is 6.84. The lowest BCUT2D eigenvalue weighted by Crippen LogP contribution is -2.42. The fourth-order valence-corrected chi connectivity index (χ4v) is 2.12. The van der Waals surface area contributed by atoms with Crippen molar-refractivity contribution in [3.05, 3.63) is 46.5 Å². The molecule has 21 heavy (non-hydrogen) atoms. The van der Waals surface area contributed by atoms with Crippen LogP contribution in [0.3, 0.4) is 0 Å². The highest BCUT2D eigenvalue weighted by Crippen LogP contribution is 2.13.